The number of carbonyl (C=O) groups is 1. The molecule has 0 aliphatic heterocycles. The van der Waals surface area contributed by atoms with Gasteiger partial charge in [-0.05, 0) is 31.2 Å². The highest BCUT2D eigenvalue weighted by Crippen LogP contribution is 2.37. The van der Waals surface area contributed by atoms with Crippen LogP contribution in [-0.4, -0.2) is 46.0 Å². The van der Waals surface area contributed by atoms with E-state index in [9.17, 15) is 14.9 Å². The highest BCUT2D eigenvalue weighted by atomic mass is 32.2. The summed E-state index contributed by atoms with van der Waals surface area (Å²) in [5.74, 6) is -0.179. The molecule has 3 rings (SSSR count). The number of carbonyl (C=O) groups excluding carboxylic acids is 1. The number of imidazole rings is 1. The number of fused-ring (bicyclic) bond motifs is 1. The molecule has 0 aliphatic carbocycles. The monoisotopic (exact) mass is 457 g/mol. The van der Waals surface area contributed by atoms with Gasteiger partial charge in [0.1, 0.15) is 0 Å². The molecule has 3 aromatic rings. The molecule has 0 saturated carbocycles. The first-order chi connectivity index (χ1) is 15.3. The van der Waals surface area contributed by atoms with Crippen molar-refractivity contribution in [3.8, 4) is 11.5 Å². The molecule has 1 heterocycles. The van der Waals surface area contributed by atoms with Gasteiger partial charge in [0.25, 0.3) is 5.91 Å². The van der Waals surface area contributed by atoms with Crippen molar-refractivity contribution in [3.63, 3.8) is 0 Å². The number of methoxy groups -OCH3 is 1. The average molecular weight is 458 g/mol. The maximum atomic E-state index is 12.5. The minimum Gasteiger partial charge on any atom is -0.490 e. The van der Waals surface area contributed by atoms with E-state index in [4.69, 9.17) is 9.47 Å². The molecule has 1 aromatic heterocycles. The van der Waals surface area contributed by atoms with E-state index in [1.165, 1.54) is 19.4 Å². The van der Waals surface area contributed by atoms with Crippen LogP contribution in [0.1, 0.15) is 36.7 Å². The zero-order chi connectivity index (χ0) is 23.3. The number of nitrogens with zero attached hydrogens (tertiary/aromatic N) is 3. The molecular weight excluding hydrogens is 434 g/mol. The molecular formula is C21H23N5O5S. The standard InChI is InChI=1S/C21H23N5O5S/c1-5-31-18-9-13(8-17(26(28)29)19(18)30-4)11-22-25-20(27)14-6-7-15-16(10-14)24-21(23-15)32-12(2)3/h6-12H,5H2,1-4H3,(H,23,24)(H,25,27)/b22-11-. The summed E-state index contributed by atoms with van der Waals surface area (Å²) in [5, 5.41) is 16.5. The Morgan fingerprint density at radius 2 is 2.16 bits per heavy atom. The molecule has 2 aromatic carbocycles. The van der Waals surface area contributed by atoms with Gasteiger partial charge in [0, 0.05) is 22.4 Å². The van der Waals surface area contributed by atoms with E-state index in [1.54, 1.807) is 43.0 Å². The smallest absolute Gasteiger partial charge is 0.315 e. The van der Waals surface area contributed by atoms with Crippen LogP contribution in [0.3, 0.4) is 0 Å². The lowest BCUT2D eigenvalue weighted by molar-refractivity contribution is -0.385. The fourth-order valence-electron chi connectivity index (χ4n) is 2.92. The van der Waals surface area contributed by atoms with Crippen LogP contribution in [0.2, 0.25) is 0 Å². The van der Waals surface area contributed by atoms with Crippen molar-refractivity contribution >= 4 is 40.6 Å². The molecule has 0 fully saturated rings. The fraction of sp³-hybridized carbons (Fsp3) is 0.286. The number of benzene rings is 2. The van der Waals surface area contributed by atoms with Gasteiger partial charge in [-0.15, -0.1) is 0 Å². The summed E-state index contributed by atoms with van der Waals surface area (Å²) >= 11 is 1.60. The Hall–Kier alpha value is -3.60. The average Bonchev–Trinajstić information content (AvgIpc) is 3.14. The molecule has 1 amide bonds. The number of amides is 1. The first-order valence-corrected chi connectivity index (χ1v) is 10.7. The van der Waals surface area contributed by atoms with Gasteiger partial charge in [0.15, 0.2) is 10.9 Å². The van der Waals surface area contributed by atoms with Crippen molar-refractivity contribution in [1.82, 2.24) is 15.4 Å². The number of hydrogen-bond acceptors (Lipinski definition) is 8. The Morgan fingerprint density at radius 3 is 2.81 bits per heavy atom. The second-order valence-electron chi connectivity index (χ2n) is 6.90. The van der Waals surface area contributed by atoms with Gasteiger partial charge in [-0.25, -0.2) is 10.4 Å². The molecule has 0 bridgehead atoms. The number of hydrogen-bond donors (Lipinski definition) is 2. The van der Waals surface area contributed by atoms with E-state index in [-0.39, 0.29) is 17.2 Å². The highest BCUT2D eigenvalue weighted by molar-refractivity contribution is 7.99. The van der Waals surface area contributed by atoms with E-state index in [0.29, 0.717) is 23.0 Å². The number of nitro benzene ring substituents is 1. The number of thioether (sulfide) groups is 1. The molecule has 10 nitrogen and oxygen atoms in total. The number of H-pyrrole nitrogens is 1. The summed E-state index contributed by atoms with van der Waals surface area (Å²) in [4.78, 5) is 31.0. The minimum absolute atomic E-state index is 0.0286. The molecule has 0 radical (unpaired) electrons. The Kier molecular flexibility index (Phi) is 7.31. The van der Waals surface area contributed by atoms with Gasteiger partial charge in [0.2, 0.25) is 5.75 Å². The lowest BCUT2D eigenvalue weighted by Gasteiger charge is -2.10. The van der Waals surface area contributed by atoms with Gasteiger partial charge >= 0.3 is 5.69 Å². The van der Waals surface area contributed by atoms with Crippen molar-refractivity contribution < 1.29 is 19.2 Å². The summed E-state index contributed by atoms with van der Waals surface area (Å²) < 4.78 is 10.5. The van der Waals surface area contributed by atoms with Crippen molar-refractivity contribution in [2.45, 2.75) is 31.2 Å². The molecule has 0 unspecified atom stereocenters. The molecule has 11 heteroatoms. The number of hydrazone groups is 1. The number of aromatic amines is 1. The first-order valence-electron chi connectivity index (χ1n) is 9.81. The number of ether oxygens (including phenoxy) is 2. The van der Waals surface area contributed by atoms with Crippen molar-refractivity contribution in [2.75, 3.05) is 13.7 Å². The molecule has 32 heavy (non-hydrogen) atoms. The van der Waals surface area contributed by atoms with Gasteiger partial charge in [0.05, 0.1) is 35.9 Å². The second-order valence-corrected chi connectivity index (χ2v) is 8.47. The zero-order valence-corrected chi connectivity index (χ0v) is 18.9. The summed E-state index contributed by atoms with van der Waals surface area (Å²) in [6.45, 7) is 6.21. The van der Waals surface area contributed by atoms with Crippen LogP contribution in [-0.2, 0) is 0 Å². The van der Waals surface area contributed by atoms with Gasteiger partial charge < -0.3 is 14.5 Å². The van der Waals surface area contributed by atoms with Gasteiger partial charge in [-0.1, -0.05) is 25.6 Å². The zero-order valence-electron chi connectivity index (χ0n) is 18.0. The maximum Gasteiger partial charge on any atom is 0.315 e. The summed E-state index contributed by atoms with van der Waals surface area (Å²) in [6, 6.07) is 7.96. The van der Waals surface area contributed by atoms with Crippen LogP contribution in [0.4, 0.5) is 5.69 Å². The topological polar surface area (TPSA) is 132 Å². The predicted octanol–water partition coefficient (Wildman–Crippen LogP) is 4.14. The quantitative estimate of drug-likeness (QED) is 0.214. The Labute approximate surface area is 188 Å². The number of aromatic nitrogens is 2. The molecule has 0 atom stereocenters. The van der Waals surface area contributed by atoms with Crippen LogP contribution in [0, 0.1) is 10.1 Å². The minimum atomic E-state index is -0.567. The Morgan fingerprint density at radius 1 is 1.38 bits per heavy atom. The highest BCUT2D eigenvalue weighted by Gasteiger charge is 2.21. The summed E-state index contributed by atoms with van der Waals surface area (Å²) in [7, 11) is 1.33. The van der Waals surface area contributed by atoms with Gasteiger partial charge in [-0.2, -0.15) is 5.10 Å². The largest absolute Gasteiger partial charge is 0.490 e. The first kappa shape index (κ1) is 23.1. The van der Waals surface area contributed by atoms with Crippen LogP contribution in [0.5, 0.6) is 11.5 Å². The number of rotatable bonds is 9. The molecule has 0 spiro atoms. The van der Waals surface area contributed by atoms with E-state index in [1.807, 2.05) is 0 Å². The van der Waals surface area contributed by atoms with Crippen molar-refractivity contribution in [1.29, 1.82) is 0 Å². The van der Waals surface area contributed by atoms with E-state index in [0.717, 1.165) is 16.2 Å². The van der Waals surface area contributed by atoms with Crippen molar-refractivity contribution in [3.05, 3.63) is 51.6 Å². The van der Waals surface area contributed by atoms with Crippen LogP contribution in [0.15, 0.2) is 40.6 Å². The van der Waals surface area contributed by atoms with Crippen LogP contribution >= 0.6 is 11.8 Å². The molecule has 0 aliphatic rings. The molecule has 168 valence electrons. The normalized spacial score (nSPS) is 11.3. The second kappa shape index (κ2) is 10.1. The maximum absolute atomic E-state index is 12.5. The van der Waals surface area contributed by atoms with E-state index >= 15 is 0 Å². The lowest BCUT2D eigenvalue weighted by Crippen LogP contribution is -2.17. The van der Waals surface area contributed by atoms with Crippen molar-refractivity contribution in [2.24, 2.45) is 5.10 Å². The Bertz CT molecular complexity index is 1170. The third kappa shape index (κ3) is 5.35. The van der Waals surface area contributed by atoms with Crippen LogP contribution in [0.25, 0.3) is 11.0 Å². The third-order valence-corrected chi connectivity index (χ3v) is 5.10. The van der Waals surface area contributed by atoms with Crippen LogP contribution < -0.4 is 14.9 Å². The lowest BCUT2D eigenvalue weighted by atomic mass is 10.2. The van der Waals surface area contributed by atoms with Gasteiger partial charge in [-0.3, -0.25) is 14.9 Å². The Balaban J connectivity index is 1.78. The number of nitro groups is 1. The van der Waals surface area contributed by atoms with E-state index < -0.39 is 10.8 Å². The third-order valence-electron chi connectivity index (χ3n) is 4.21. The summed E-state index contributed by atoms with van der Waals surface area (Å²) in [6.07, 6.45) is 1.30. The molecule has 2 N–H and O–H groups in total. The molecule has 0 saturated heterocycles. The number of nitrogens with one attached hydrogen (secondary N) is 2. The fourth-order valence-corrected chi connectivity index (χ4v) is 3.69. The summed E-state index contributed by atoms with van der Waals surface area (Å²) in [5.41, 5.74) is 4.46. The predicted molar refractivity (Wildman–Crippen MR) is 123 cm³/mol. The van der Waals surface area contributed by atoms with E-state index in [2.05, 4.69) is 34.3 Å². The SMILES string of the molecule is CCOc1cc(/C=N\NC(=O)c2ccc3nc(SC(C)C)[nH]c3c2)cc([N+](=O)[O-])c1OC.